The number of allylic oxidation sites excluding steroid dienone is 1. The third-order valence-corrected chi connectivity index (χ3v) is 4.42. The molecule has 0 saturated carbocycles. The smallest absolute Gasteiger partial charge is 0.364 e. The number of hydrogen-bond acceptors (Lipinski definition) is 4. The number of anilines is 1. The van der Waals surface area contributed by atoms with E-state index in [0.29, 0.717) is 11.6 Å². The lowest BCUT2D eigenvalue weighted by molar-refractivity contribution is 0.244. The van der Waals surface area contributed by atoms with E-state index >= 15 is 0 Å². The first kappa shape index (κ1) is 16.8. The van der Waals surface area contributed by atoms with Gasteiger partial charge in [-0.15, -0.1) is 0 Å². The van der Waals surface area contributed by atoms with Crippen molar-refractivity contribution < 1.29 is 9.53 Å². The minimum atomic E-state index is -0.426. The Morgan fingerprint density at radius 3 is 2.52 bits per heavy atom. The highest BCUT2D eigenvalue weighted by atomic mass is 16.5. The molecule has 0 aliphatic carbocycles. The number of aromatic nitrogens is 3. The number of amides is 1. The van der Waals surface area contributed by atoms with Gasteiger partial charge in [0.2, 0.25) is 0 Å². The molecule has 4 rings (SSSR count). The summed E-state index contributed by atoms with van der Waals surface area (Å²) in [6, 6.07) is 16.7. The number of methoxy groups -OCH3 is 1. The molecule has 0 saturated heterocycles. The Morgan fingerprint density at radius 2 is 1.81 bits per heavy atom. The SMILES string of the molecule is COc1ccc(N2Cc3nc(=O)n(C/C=C/c4ccccc4)n3C2=O)cc1. The van der Waals surface area contributed by atoms with Crippen LogP contribution in [0.25, 0.3) is 6.08 Å². The van der Waals surface area contributed by atoms with Gasteiger partial charge < -0.3 is 4.74 Å². The maximum Gasteiger partial charge on any atom is 0.364 e. The van der Waals surface area contributed by atoms with Crippen LogP contribution < -0.4 is 15.3 Å². The van der Waals surface area contributed by atoms with Crippen LogP contribution in [0.3, 0.4) is 0 Å². The van der Waals surface area contributed by atoms with Gasteiger partial charge >= 0.3 is 11.7 Å². The van der Waals surface area contributed by atoms with E-state index in [0.717, 1.165) is 11.3 Å². The van der Waals surface area contributed by atoms with Crippen molar-refractivity contribution in [3.63, 3.8) is 0 Å². The number of rotatable bonds is 5. The van der Waals surface area contributed by atoms with Crippen LogP contribution in [0.15, 0.2) is 65.5 Å². The van der Waals surface area contributed by atoms with Crippen LogP contribution in [0.2, 0.25) is 0 Å². The average molecular weight is 362 g/mol. The molecule has 0 N–H and O–H groups in total. The van der Waals surface area contributed by atoms with Crippen LogP contribution >= 0.6 is 0 Å². The fourth-order valence-electron chi connectivity index (χ4n) is 3.06. The van der Waals surface area contributed by atoms with E-state index < -0.39 is 5.69 Å². The molecule has 1 aromatic heterocycles. The fraction of sp³-hybridized carbons (Fsp3) is 0.150. The number of ether oxygens (including phenoxy) is 1. The van der Waals surface area contributed by atoms with Gasteiger partial charge in [0.15, 0.2) is 5.82 Å². The number of carbonyl (C=O) groups is 1. The maximum absolute atomic E-state index is 12.9. The lowest BCUT2D eigenvalue weighted by Crippen LogP contribution is -2.33. The van der Waals surface area contributed by atoms with Gasteiger partial charge in [-0.2, -0.15) is 9.67 Å². The second-order valence-electron chi connectivity index (χ2n) is 6.08. The average Bonchev–Trinajstić information content (AvgIpc) is 3.18. The summed E-state index contributed by atoms with van der Waals surface area (Å²) in [7, 11) is 1.59. The molecular formula is C20H18N4O3. The lowest BCUT2D eigenvalue weighted by Gasteiger charge is -2.15. The molecule has 7 nitrogen and oxygen atoms in total. The minimum absolute atomic E-state index is 0.260. The van der Waals surface area contributed by atoms with Gasteiger partial charge in [-0.25, -0.2) is 14.3 Å². The summed E-state index contributed by atoms with van der Waals surface area (Å²) < 4.78 is 7.84. The Kier molecular flexibility index (Phi) is 4.33. The van der Waals surface area contributed by atoms with Gasteiger partial charge in [-0.1, -0.05) is 42.5 Å². The van der Waals surface area contributed by atoms with E-state index in [4.69, 9.17) is 4.74 Å². The summed E-state index contributed by atoms with van der Waals surface area (Å²) in [5.41, 5.74) is 1.33. The topological polar surface area (TPSA) is 69.4 Å². The molecule has 2 heterocycles. The molecule has 1 aliphatic heterocycles. The van der Waals surface area contributed by atoms with Gasteiger partial charge in [-0.3, -0.25) is 4.90 Å². The van der Waals surface area contributed by atoms with E-state index in [-0.39, 0.29) is 19.1 Å². The maximum atomic E-state index is 12.9. The third kappa shape index (κ3) is 3.15. The molecule has 1 aliphatic rings. The first-order valence-corrected chi connectivity index (χ1v) is 8.53. The van der Waals surface area contributed by atoms with E-state index in [1.807, 2.05) is 42.5 Å². The van der Waals surface area contributed by atoms with Crippen molar-refractivity contribution in [1.82, 2.24) is 14.3 Å². The molecule has 0 fully saturated rings. The van der Waals surface area contributed by atoms with Crippen LogP contribution in [0.4, 0.5) is 10.5 Å². The van der Waals surface area contributed by atoms with Crippen molar-refractivity contribution in [1.29, 1.82) is 0 Å². The van der Waals surface area contributed by atoms with Crippen LogP contribution in [-0.4, -0.2) is 27.5 Å². The zero-order valence-electron chi connectivity index (χ0n) is 14.8. The Morgan fingerprint density at radius 1 is 1.07 bits per heavy atom. The number of benzene rings is 2. The van der Waals surface area contributed by atoms with Crippen LogP contribution in [-0.2, 0) is 13.1 Å². The van der Waals surface area contributed by atoms with Gasteiger partial charge in [0.1, 0.15) is 5.75 Å². The zero-order valence-corrected chi connectivity index (χ0v) is 14.8. The van der Waals surface area contributed by atoms with Gasteiger partial charge in [-0.05, 0) is 29.8 Å². The predicted octanol–water partition coefficient (Wildman–Crippen LogP) is 2.76. The summed E-state index contributed by atoms with van der Waals surface area (Å²) in [5.74, 6) is 1.15. The first-order chi connectivity index (χ1) is 13.2. The molecule has 0 spiro atoms. The summed E-state index contributed by atoms with van der Waals surface area (Å²) >= 11 is 0. The molecular weight excluding hydrogens is 344 g/mol. The molecule has 0 atom stereocenters. The summed E-state index contributed by atoms with van der Waals surface area (Å²) in [5, 5.41) is 0. The largest absolute Gasteiger partial charge is 0.497 e. The molecule has 0 unspecified atom stereocenters. The molecule has 7 heteroatoms. The van der Waals surface area contributed by atoms with Crippen LogP contribution in [0, 0.1) is 0 Å². The number of nitrogens with zero attached hydrogens (tertiary/aromatic N) is 4. The normalized spacial score (nSPS) is 13.4. The van der Waals surface area contributed by atoms with E-state index in [1.165, 1.54) is 9.36 Å². The quantitative estimate of drug-likeness (QED) is 0.700. The highest BCUT2D eigenvalue weighted by Crippen LogP contribution is 2.25. The molecule has 3 aromatic rings. The highest BCUT2D eigenvalue weighted by molar-refractivity contribution is 5.95. The molecule has 136 valence electrons. The first-order valence-electron chi connectivity index (χ1n) is 8.53. The predicted molar refractivity (Wildman–Crippen MR) is 102 cm³/mol. The van der Waals surface area contributed by atoms with Crippen molar-refractivity contribution in [2.45, 2.75) is 13.1 Å². The van der Waals surface area contributed by atoms with Gasteiger partial charge in [0, 0.05) is 5.69 Å². The van der Waals surface area contributed by atoms with Crippen LogP contribution in [0.1, 0.15) is 11.4 Å². The minimum Gasteiger partial charge on any atom is -0.497 e. The fourth-order valence-corrected chi connectivity index (χ4v) is 3.06. The van der Waals surface area contributed by atoms with E-state index in [9.17, 15) is 9.59 Å². The molecule has 27 heavy (non-hydrogen) atoms. The summed E-state index contributed by atoms with van der Waals surface area (Å²) in [6.45, 7) is 0.527. The Balaban J connectivity index is 1.57. The van der Waals surface area contributed by atoms with Gasteiger partial charge in [0.05, 0.1) is 20.2 Å². The van der Waals surface area contributed by atoms with E-state index in [2.05, 4.69) is 4.98 Å². The second-order valence-corrected chi connectivity index (χ2v) is 6.08. The number of hydrogen-bond donors (Lipinski definition) is 0. The summed E-state index contributed by atoms with van der Waals surface area (Å²) in [6.07, 6.45) is 3.75. The van der Waals surface area contributed by atoms with Gasteiger partial charge in [0.25, 0.3) is 0 Å². The van der Waals surface area contributed by atoms with Crippen molar-refractivity contribution in [2.24, 2.45) is 0 Å². The number of carbonyl (C=O) groups excluding carboxylic acids is 1. The van der Waals surface area contributed by atoms with E-state index in [1.54, 1.807) is 36.3 Å². The molecule has 2 aromatic carbocycles. The highest BCUT2D eigenvalue weighted by Gasteiger charge is 2.32. The zero-order chi connectivity index (χ0) is 18.8. The Hall–Kier alpha value is -3.61. The van der Waals surface area contributed by atoms with Crippen molar-refractivity contribution in [3.8, 4) is 5.75 Å². The Bertz CT molecular complexity index is 1050. The molecule has 1 amide bonds. The monoisotopic (exact) mass is 362 g/mol. The summed E-state index contributed by atoms with van der Waals surface area (Å²) in [4.78, 5) is 30.6. The molecule has 0 radical (unpaired) electrons. The van der Waals surface area contributed by atoms with Crippen molar-refractivity contribution >= 4 is 17.8 Å². The second kappa shape index (κ2) is 6.95. The lowest BCUT2D eigenvalue weighted by atomic mass is 10.2. The van der Waals surface area contributed by atoms with Crippen molar-refractivity contribution in [2.75, 3.05) is 12.0 Å². The third-order valence-electron chi connectivity index (χ3n) is 4.42. The van der Waals surface area contributed by atoms with Crippen LogP contribution in [0.5, 0.6) is 5.75 Å². The number of fused-ring (bicyclic) bond motifs is 1. The molecule has 0 bridgehead atoms. The van der Waals surface area contributed by atoms with Crippen molar-refractivity contribution in [3.05, 3.63) is 82.5 Å². The Labute approximate surface area is 155 Å². The standard InChI is InChI=1S/C20H18N4O3/c1-27-17-11-9-16(10-12-17)22-14-18-21-19(25)23(24(18)20(22)26)13-5-8-15-6-3-2-4-7-15/h2-12H,13-14H2,1H3/b8-5+.